The van der Waals surface area contributed by atoms with Crippen LogP contribution in [0.25, 0.3) is 0 Å². The topological polar surface area (TPSA) is 57.5 Å². The van der Waals surface area contributed by atoms with Gasteiger partial charge in [-0.15, -0.1) is 0 Å². The standard InChI is InChI=1S/C12H24O3/c1-7-10(3,4)9(13)11(5,8-2)12(6,14)15/h14-15H,7-8H2,1-6H3. The second-order valence-electron chi connectivity index (χ2n) is 5.27. The number of carbonyl (C=O) groups excluding carboxylic acids is 1. The van der Waals surface area contributed by atoms with Crippen LogP contribution in [0.3, 0.4) is 0 Å². The first kappa shape index (κ1) is 14.6. The summed E-state index contributed by atoms with van der Waals surface area (Å²) >= 11 is 0. The maximum Gasteiger partial charge on any atom is 0.172 e. The van der Waals surface area contributed by atoms with Crippen LogP contribution < -0.4 is 0 Å². The SMILES string of the molecule is CCC(C)(C)C(=O)C(C)(CC)C(C)(O)O. The van der Waals surface area contributed by atoms with E-state index in [1.807, 2.05) is 20.8 Å². The molecule has 0 aliphatic heterocycles. The van der Waals surface area contributed by atoms with Crippen molar-refractivity contribution in [3.05, 3.63) is 0 Å². The third kappa shape index (κ3) is 2.58. The van der Waals surface area contributed by atoms with Gasteiger partial charge >= 0.3 is 0 Å². The molecule has 0 spiro atoms. The maximum absolute atomic E-state index is 12.3. The fourth-order valence-corrected chi connectivity index (χ4v) is 1.62. The lowest BCUT2D eigenvalue weighted by Gasteiger charge is -2.41. The molecular formula is C12H24O3. The molecule has 0 aromatic rings. The molecule has 0 fully saturated rings. The van der Waals surface area contributed by atoms with E-state index in [-0.39, 0.29) is 5.78 Å². The first-order chi connectivity index (χ1) is 6.53. The summed E-state index contributed by atoms with van der Waals surface area (Å²) in [4.78, 5) is 12.3. The molecule has 0 bridgehead atoms. The molecule has 3 nitrogen and oxygen atoms in total. The van der Waals surface area contributed by atoms with Crippen molar-refractivity contribution >= 4 is 5.78 Å². The average Bonchev–Trinajstić information content (AvgIpc) is 2.13. The Morgan fingerprint density at radius 2 is 1.40 bits per heavy atom. The van der Waals surface area contributed by atoms with Gasteiger partial charge in [-0.25, -0.2) is 0 Å². The van der Waals surface area contributed by atoms with Gasteiger partial charge < -0.3 is 10.2 Å². The number of ketones is 1. The quantitative estimate of drug-likeness (QED) is 0.692. The molecule has 0 aromatic carbocycles. The summed E-state index contributed by atoms with van der Waals surface area (Å²) in [5.41, 5.74) is -1.62. The number of rotatable bonds is 5. The van der Waals surface area contributed by atoms with Crippen LogP contribution in [-0.2, 0) is 4.79 Å². The normalized spacial score (nSPS) is 17.3. The van der Waals surface area contributed by atoms with E-state index >= 15 is 0 Å². The third-order valence-corrected chi connectivity index (χ3v) is 3.75. The molecule has 90 valence electrons. The van der Waals surface area contributed by atoms with Gasteiger partial charge in [-0.2, -0.15) is 0 Å². The maximum atomic E-state index is 12.3. The molecular weight excluding hydrogens is 192 g/mol. The molecule has 3 heteroatoms. The Bertz CT molecular complexity index is 238. The summed E-state index contributed by atoms with van der Waals surface area (Å²) in [6, 6.07) is 0. The zero-order chi connectivity index (χ0) is 12.5. The van der Waals surface area contributed by atoms with Crippen molar-refractivity contribution in [2.45, 2.75) is 60.2 Å². The van der Waals surface area contributed by atoms with E-state index in [0.29, 0.717) is 12.8 Å². The summed E-state index contributed by atoms with van der Waals surface area (Å²) < 4.78 is 0. The Kier molecular flexibility index (Phi) is 4.11. The molecule has 1 atom stereocenters. The zero-order valence-electron chi connectivity index (χ0n) is 10.7. The van der Waals surface area contributed by atoms with Crippen molar-refractivity contribution < 1.29 is 15.0 Å². The average molecular weight is 216 g/mol. The zero-order valence-corrected chi connectivity index (χ0v) is 10.7. The highest BCUT2D eigenvalue weighted by Crippen LogP contribution is 2.41. The van der Waals surface area contributed by atoms with Crippen LogP contribution in [0, 0.1) is 10.8 Å². The van der Waals surface area contributed by atoms with Crippen LogP contribution in [0.4, 0.5) is 0 Å². The van der Waals surface area contributed by atoms with E-state index < -0.39 is 16.6 Å². The van der Waals surface area contributed by atoms with Gasteiger partial charge in [0.1, 0.15) is 5.78 Å². The Morgan fingerprint density at radius 1 is 1.00 bits per heavy atom. The lowest BCUT2D eigenvalue weighted by Crippen LogP contribution is -2.53. The smallest absolute Gasteiger partial charge is 0.172 e. The molecule has 0 amide bonds. The number of aliphatic hydroxyl groups is 2. The minimum Gasteiger partial charge on any atom is -0.365 e. The first-order valence-electron chi connectivity index (χ1n) is 5.52. The van der Waals surface area contributed by atoms with E-state index in [2.05, 4.69) is 0 Å². The van der Waals surface area contributed by atoms with Gasteiger partial charge in [-0.3, -0.25) is 4.79 Å². The lowest BCUT2D eigenvalue weighted by molar-refractivity contribution is -0.226. The van der Waals surface area contributed by atoms with E-state index in [9.17, 15) is 15.0 Å². The van der Waals surface area contributed by atoms with Crippen LogP contribution in [0.5, 0.6) is 0 Å². The largest absolute Gasteiger partial charge is 0.365 e. The van der Waals surface area contributed by atoms with Crippen molar-refractivity contribution in [1.82, 2.24) is 0 Å². The molecule has 0 rings (SSSR count). The highest BCUT2D eigenvalue weighted by atomic mass is 16.5. The van der Waals surface area contributed by atoms with Gasteiger partial charge in [0.05, 0.1) is 5.41 Å². The van der Waals surface area contributed by atoms with Gasteiger partial charge in [0.15, 0.2) is 5.79 Å². The van der Waals surface area contributed by atoms with Gasteiger partial charge in [-0.1, -0.05) is 27.7 Å². The van der Waals surface area contributed by atoms with Crippen molar-refractivity contribution in [3.63, 3.8) is 0 Å². The molecule has 0 heterocycles. The van der Waals surface area contributed by atoms with Gasteiger partial charge in [0, 0.05) is 5.41 Å². The Morgan fingerprint density at radius 3 is 1.60 bits per heavy atom. The fraction of sp³-hybridized carbons (Fsp3) is 0.917. The minimum absolute atomic E-state index is 0.0903. The van der Waals surface area contributed by atoms with Crippen LogP contribution in [-0.4, -0.2) is 21.8 Å². The van der Waals surface area contributed by atoms with Gasteiger partial charge in [-0.05, 0) is 26.7 Å². The predicted octanol–water partition coefficient (Wildman–Crippen LogP) is 2.11. The molecule has 1 unspecified atom stereocenters. The highest BCUT2D eigenvalue weighted by molar-refractivity contribution is 5.90. The van der Waals surface area contributed by atoms with Crippen LogP contribution in [0.15, 0.2) is 0 Å². The molecule has 2 N–H and O–H groups in total. The molecule has 15 heavy (non-hydrogen) atoms. The molecule has 0 saturated heterocycles. The second kappa shape index (κ2) is 4.22. The molecule has 0 aliphatic carbocycles. The minimum atomic E-state index is -1.97. The van der Waals surface area contributed by atoms with E-state index in [0.717, 1.165) is 0 Å². The van der Waals surface area contributed by atoms with Gasteiger partial charge in [0.2, 0.25) is 0 Å². The van der Waals surface area contributed by atoms with Crippen molar-refractivity contribution in [2.75, 3.05) is 0 Å². The molecule has 0 radical (unpaired) electrons. The van der Waals surface area contributed by atoms with E-state index in [1.54, 1.807) is 13.8 Å². The number of hydrogen-bond donors (Lipinski definition) is 2. The third-order valence-electron chi connectivity index (χ3n) is 3.75. The monoisotopic (exact) mass is 216 g/mol. The number of carbonyl (C=O) groups is 1. The summed E-state index contributed by atoms with van der Waals surface area (Å²) in [6.07, 6.45) is 1.11. The summed E-state index contributed by atoms with van der Waals surface area (Å²) in [6.45, 7) is 10.3. The lowest BCUT2D eigenvalue weighted by atomic mass is 9.66. The summed E-state index contributed by atoms with van der Waals surface area (Å²) in [5.74, 6) is -2.06. The van der Waals surface area contributed by atoms with Crippen LogP contribution in [0.2, 0.25) is 0 Å². The van der Waals surface area contributed by atoms with E-state index in [1.165, 1.54) is 6.92 Å². The Balaban J connectivity index is 5.25. The molecule has 0 saturated carbocycles. The number of hydrogen-bond acceptors (Lipinski definition) is 3. The fourth-order valence-electron chi connectivity index (χ4n) is 1.62. The van der Waals surface area contributed by atoms with Crippen LogP contribution in [0.1, 0.15) is 54.4 Å². The van der Waals surface area contributed by atoms with Crippen molar-refractivity contribution in [3.8, 4) is 0 Å². The van der Waals surface area contributed by atoms with E-state index in [4.69, 9.17) is 0 Å². The summed E-state index contributed by atoms with van der Waals surface area (Å²) in [5, 5.41) is 19.4. The van der Waals surface area contributed by atoms with Gasteiger partial charge in [0.25, 0.3) is 0 Å². The van der Waals surface area contributed by atoms with Crippen molar-refractivity contribution in [2.24, 2.45) is 10.8 Å². The molecule has 0 aromatic heterocycles. The highest BCUT2D eigenvalue weighted by Gasteiger charge is 2.50. The molecule has 0 aliphatic rings. The predicted molar refractivity (Wildman–Crippen MR) is 60.3 cm³/mol. The van der Waals surface area contributed by atoms with Crippen LogP contribution >= 0.6 is 0 Å². The Hall–Kier alpha value is -0.410. The number of Topliss-reactive ketones (excluding diaryl/α,β-unsaturated/α-hetero) is 1. The van der Waals surface area contributed by atoms with Crippen molar-refractivity contribution in [1.29, 1.82) is 0 Å². The first-order valence-corrected chi connectivity index (χ1v) is 5.52. The Labute approximate surface area is 92.5 Å². The summed E-state index contributed by atoms with van der Waals surface area (Å²) in [7, 11) is 0. The second-order valence-corrected chi connectivity index (χ2v) is 5.27.